The topological polar surface area (TPSA) is 66.9 Å². The normalized spacial score (nSPS) is 26.1. The number of anilines is 1. The molecule has 2 rings (SSSR count). The largest absolute Gasteiger partial charge is 0.369 e. The summed E-state index contributed by atoms with van der Waals surface area (Å²) < 4.78 is 0. The number of amides is 1. The molecule has 0 saturated heterocycles. The summed E-state index contributed by atoms with van der Waals surface area (Å²) in [7, 11) is 0. The lowest BCUT2D eigenvalue weighted by molar-refractivity contribution is 0.0905. The molecule has 1 aliphatic rings. The van der Waals surface area contributed by atoms with Crippen molar-refractivity contribution in [2.75, 3.05) is 11.9 Å². The molecule has 1 saturated carbocycles. The molecule has 1 fully saturated rings. The van der Waals surface area contributed by atoms with Crippen LogP contribution in [0.2, 0.25) is 0 Å². The molecule has 3 atom stereocenters. The van der Waals surface area contributed by atoms with E-state index >= 15 is 0 Å². The third-order valence-corrected chi connectivity index (χ3v) is 4.16. The molecular formula is C15H24N4O. The maximum atomic E-state index is 12.2. The smallest absolute Gasteiger partial charge is 0.271 e. The van der Waals surface area contributed by atoms with Gasteiger partial charge in [-0.05, 0) is 38.0 Å². The second kappa shape index (κ2) is 6.68. The quantitative estimate of drug-likeness (QED) is 0.886. The van der Waals surface area contributed by atoms with E-state index in [9.17, 15) is 4.79 Å². The first-order valence-electron chi connectivity index (χ1n) is 7.47. The van der Waals surface area contributed by atoms with Crippen molar-refractivity contribution in [2.45, 2.75) is 46.1 Å². The molecule has 0 aromatic carbocycles. The second-order valence-corrected chi connectivity index (χ2v) is 5.76. The molecule has 5 nitrogen and oxygen atoms in total. The third kappa shape index (κ3) is 3.68. The van der Waals surface area contributed by atoms with Crippen molar-refractivity contribution in [2.24, 2.45) is 11.8 Å². The van der Waals surface area contributed by atoms with Crippen LogP contribution in [0.1, 0.15) is 50.5 Å². The number of carbonyl (C=O) groups excluding carboxylic acids is 1. The summed E-state index contributed by atoms with van der Waals surface area (Å²) in [5.41, 5.74) is 0.384. The van der Waals surface area contributed by atoms with Crippen LogP contribution in [0.15, 0.2) is 12.4 Å². The minimum atomic E-state index is -0.121. The highest BCUT2D eigenvalue weighted by Crippen LogP contribution is 2.29. The molecule has 1 aromatic heterocycles. The Labute approximate surface area is 120 Å². The van der Waals surface area contributed by atoms with Crippen LogP contribution in [0.3, 0.4) is 0 Å². The van der Waals surface area contributed by atoms with Gasteiger partial charge in [0.15, 0.2) is 0 Å². The van der Waals surface area contributed by atoms with E-state index in [1.54, 1.807) is 6.20 Å². The Hall–Kier alpha value is -1.65. The maximum Gasteiger partial charge on any atom is 0.271 e. The lowest BCUT2D eigenvalue weighted by Crippen LogP contribution is -2.40. The zero-order valence-corrected chi connectivity index (χ0v) is 12.5. The second-order valence-electron chi connectivity index (χ2n) is 5.76. The molecule has 1 heterocycles. The molecule has 1 aliphatic carbocycles. The predicted octanol–water partition coefficient (Wildman–Crippen LogP) is 2.46. The van der Waals surface area contributed by atoms with Crippen LogP contribution in [0.25, 0.3) is 0 Å². The van der Waals surface area contributed by atoms with Gasteiger partial charge in [0.05, 0.1) is 12.4 Å². The molecule has 2 N–H and O–H groups in total. The molecule has 0 bridgehead atoms. The maximum absolute atomic E-state index is 12.2. The molecule has 1 amide bonds. The van der Waals surface area contributed by atoms with Gasteiger partial charge < -0.3 is 10.6 Å². The minimum Gasteiger partial charge on any atom is -0.369 e. The number of rotatable bonds is 4. The van der Waals surface area contributed by atoms with Crippen LogP contribution in [-0.2, 0) is 0 Å². The highest BCUT2D eigenvalue weighted by Gasteiger charge is 2.26. The first-order chi connectivity index (χ1) is 9.60. The van der Waals surface area contributed by atoms with E-state index in [-0.39, 0.29) is 11.9 Å². The fraction of sp³-hybridized carbons (Fsp3) is 0.667. The van der Waals surface area contributed by atoms with Gasteiger partial charge in [0.2, 0.25) is 0 Å². The van der Waals surface area contributed by atoms with Crippen LogP contribution in [-0.4, -0.2) is 28.5 Å². The van der Waals surface area contributed by atoms with Crippen LogP contribution in [0, 0.1) is 11.8 Å². The number of hydrogen-bond acceptors (Lipinski definition) is 4. The van der Waals surface area contributed by atoms with Crippen molar-refractivity contribution >= 4 is 11.7 Å². The molecule has 1 aromatic rings. The van der Waals surface area contributed by atoms with E-state index < -0.39 is 0 Å². The number of nitrogens with one attached hydrogen (secondary N) is 2. The molecule has 0 spiro atoms. The highest BCUT2D eigenvalue weighted by atomic mass is 16.1. The number of nitrogens with zero attached hydrogens (tertiary/aromatic N) is 2. The average molecular weight is 276 g/mol. The molecule has 3 unspecified atom stereocenters. The summed E-state index contributed by atoms with van der Waals surface area (Å²) in [4.78, 5) is 20.6. The Balaban J connectivity index is 1.96. The highest BCUT2D eigenvalue weighted by molar-refractivity contribution is 5.92. The van der Waals surface area contributed by atoms with Gasteiger partial charge in [-0.15, -0.1) is 0 Å². The molecule has 20 heavy (non-hydrogen) atoms. The van der Waals surface area contributed by atoms with Gasteiger partial charge in [0.25, 0.3) is 5.91 Å². The molecule has 0 radical (unpaired) electrons. The zero-order valence-electron chi connectivity index (χ0n) is 12.5. The summed E-state index contributed by atoms with van der Waals surface area (Å²) in [5, 5.41) is 6.15. The van der Waals surface area contributed by atoms with E-state index in [0.717, 1.165) is 25.3 Å². The van der Waals surface area contributed by atoms with Gasteiger partial charge in [0, 0.05) is 12.6 Å². The predicted molar refractivity (Wildman–Crippen MR) is 79.6 cm³/mol. The molecular weight excluding hydrogens is 252 g/mol. The lowest BCUT2D eigenvalue weighted by Gasteiger charge is -2.32. The average Bonchev–Trinajstić information content (AvgIpc) is 2.43. The third-order valence-electron chi connectivity index (χ3n) is 4.16. The number of carbonyl (C=O) groups is 1. The fourth-order valence-electron chi connectivity index (χ4n) is 2.68. The number of hydrogen-bond donors (Lipinski definition) is 2. The van der Waals surface area contributed by atoms with Crippen molar-refractivity contribution in [1.82, 2.24) is 15.3 Å². The van der Waals surface area contributed by atoms with Gasteiger partial charge >= 0.3 is 0 Å². The van der Waals surface area contributed by atoms with Crippen LogP contribution < -0.4 is 10.6 Å². The summed E-state index contributed by atoms with van der Waals surface area (Å²) >= 11 is 0. The summed E-state index contributed by atoms with van der Waals surface area (Å²) in [6.45, 7) is 7.29. The Kier molecular flexibility index (Phi) is 4.93. The van der Waals surface area contributed by atoms with Crippen molar-refractivity contribution in [1.29, 1.82) is 0 Å². The Morgan fingerprint density at radius 3 is 2.80 bits per heavy atom. The monoisotopic (exact) mass is 276 g/mol. The van der Waals surface area contributed by atoms with E-state index in [0.29, 0.717) is 17.4 Å². The first-order valence-corrected chi connectivity index (χ1v) is 7.47. The van der Waals surface area contributed by atoms with Gasteiger partial charge in [-0.2, -0.15) is 0 Å². The van der Waals surface area contributed by atoms with Crippen molar-refractivity contribution in [3.05, 3.63) is 18.1 Å². The zero-order chi connectivity index (χ0) is 14.5. The SMILES string of the molecule is CCNc1cncc(C(=O)NC2CCC(C)C(C)C2)n1. The molecule has 110 valence electrons. The van der Waals surface area contributed by atoms with Gasteiger partial charge in [-0.25, -0.2) is 4.98 Å². The van der Waals surface area contributed by atoms with E-state index in [1.807, 2.05) is 6.92 Å². The van der Waals surface area contributed by atoms with Gasteiger partial charge in [-0.1, -0.05) is 13.8 Å². The van der Waals surface area contributed by atoms with Crippen LogP contribution in [0.4, 0.5) is 5.82 Å². The number of aromatic nitrogens is 2. The minimum absolute atomic E-state index is 0.121. The molecule has 5 heteroatoms. The van der Waals surface area contributed by atoms with E-state index in [1.165, 1.54) is 12.6 Å². The summed E-state index contributed by atoms with van der Waals surface area (Å²) in [6.07, 6.45) is 6.43. The van der Waals surface area contributed by atoms with Crippen molar-refractivity contribution in [3.63, 3.8) is 0 Å². The van der Waals surface area contributed by atoms with Crippen molar-refractivity contribution in [3.8, 4) is 0 Å². The van der Waals surface area contributed by atoms with E-state index in [2.05, 4.69) is 34.4 Å². The standard InChI is InChI=1S/C15H24N4O/c1-4-17-14-9-16-8-13(19-14)15(20)18-12-6-5-10(2)11(3)7-12/h8-12H,4-7H2,1-3H3,(H,17,19)(H,18,20). The lowest BCUT2D eigenvalue weighted by atomic mass is 9.79. The van der Waals surface area contributed by atoms with Gasteiger partial charge in [0.1, 0.15) is 11.5 Å². The van der Waals surface area contributed by atoms with E-state index in [4.69, 9.17) is 0 Å². The first kappa shape index (κ1) is 14.8. The Bertz CT molecular complexity index is 463. The fourth-order valence-corrected chi connectivity index (χ4v) is 2.68. The van der Waals surface area contributed by atoms with Crippen LogP contribution >= 0.6 is 0 Å². The summed E-state index contributed by atoms with van der Waals surface area (Å²) in [6, 6.07) is 0.262. The summed E-state index contributed by atoms with van der Waals surface area (Å²) in [5.74, 6) is 1.93. The van der Waals surface area contributed by atoms with Gasteiger partial charge in [-0.3, -0.25) is 9.78 Å². The Morgan fingerprint density at radius 1 is 1.30 bits per heavy atom. The van der Waals surface area contributed by atoms with Crippen molar-refractivity contribution < 1.29 is 4.79 Å². The van der Waals surface area contributed by atoms with Crippen LogP contribution in [0.5, 0.6) is 0 Å². The molecule has 0 aliphatic heterocycles. The Morgan fingerprint density at radius 2 is 2.10 bits per heavy atom.